The molecule has 0 unspecified atom stereocenters. The summed E-state index contributed by atoms with van der Waals surface area (Å²) in [7, 11) is 1.57. The predicted molar refractivity (Wildman–Crippen MR) is 97.8 cm³/mol. The third kappa shape index (κ3) is 3.85. The average molecular weight is 397 g/mol. The lowest BCUT2D eigenvalue weighted by molar-refractivity contribution is 0.0599. The van der Waals surface area contributed by atoms with Crippen LogP contribution >= 0.6 is 23.2 Å². The van der Waals surface area contributed by atoms with E-state index < -0.39 is 5.97 Å². The largest absolute Gasteiger partial charge is 0.478 e. The summed E-state index contributed by atoms with van der Waals surface area (Å²) >= 11 is 12.1. The molecule has 0 saturated carbocycles. The van der Waals surface area contributed by atoms with Crippen LogP contribution in [-0.2, 0) is 13.6 Å². The zero-order valence-corrected chi connectivity index (χ0v) is 15.7. The number of carbonyl (C=O) groups excluding carboxylic acids is 1. The molecule has 0 spiro atoms. The maximum absolute atomic E-state index is 12.7. The van der Waals surface area contributed by atoms with E-state index in [1.165, 1.54) is 10.9 Å². The van der Waals surface area contributed by atoms with Crippen LogP contribution in [0.1, 0.15) is 26.4 Å². The van der Waals surface area contributed by atoms with Gasteiger partial charge in [0, 0.05) is 49.8 Å². The standard InChI is InChI=1S/C17H18Cl2N4O3/c1-21-15(13(9-20-21)17(25)26)16(24)23-6-4-22(5-7-23)10-11-2-3-12(18)8-14(11)19/h2-3,8-9H,4-7,10H2,1H3,(H,25,26). The van der Waals surface area contributed by atoms with E-state index in [4.69, 9.17) is 23.2 Å². The van der Waals surface area contributed by atoms with Gasteiger partial charge in [-0.1, -0.05) is 29.3 Å². The van der Waals surface area contributed by atoms with Gasteiger partial charge in [0.25, 0.3) is 5.91 Å². The highest BCUT2D eigenvalue weighted by Crippen LogP contribution is 2.23. The Kier molecular flexibility index (Phi) is 5.50. The Hall–Kier alpha value is -2.09. The number of nitrogens with zero attached hydrogens (tertiary/aromatic N) is 4. The van der Waals surface area contributed by atoms with Crippen molar-refractivity contribution in [3.63, 3.8) is 0 Å². The molecule has 1 saturated heterocycles. The van der Waals surface area contributed by atoms with Crippen LogP contribution in [0, 0.1) is 0 Å². The second-order valence-electron chi connectivity index (χ2n) is 6.14. The van der Waals surface area contributed by atoms with Crippen molar-refractivity contribution in [1.82, 2.24) is 19.6 Å². The topological polar surface area (TPSA) is 78.7 Å². The molecular formula is C17H18Cl2N4O3. The van der Waals surface area contributed by atoms with E-state index in [1.54, 1.807) is 24.1 Å². The lowest BCUT2D eigenvalue weighted by atomic mass is 10.1. The molecule has 2 heterocycles. The van der Waals surface area contributed by atoms with Crippen LogP contribution in [0.4, 0.5) is 0 Å². The summed E-state index contributed by atoms with van der Waals surface area (Å²) in [6.07, 6.45) is 1.20. The van der Waals surface area contributed by atoms with Crippen LogP contribution in [0.2, 0.25) is 10.0 Å². The molecule has 2 aromatic rings. The molecule has 138 valence electrons. The Morgan fingerprint density at radius 3 is 2.50 bits per heavy atom. The summed E-state index contributed by atoms with van der Waals surface area (Å²) in [5.41, 5.74) is 1.01. The second-order valence-corrected chi connectivity index (χ2v) is 6.98. The van der Waals surface area contributed by atoms with E-state index in [0.717, 1.165) is 5.56 Å². The van der Waals surface area contributed by atoms with Crippen molar-refractivity contribution in [1.29, 1.82) is 0 Å². The summed E-state index contributed by atoms with van der Waals surface area (Å²) < 4.78 is 1.31. The molecule has 1 amide bonds. The fourth-order valence-corrected chi connectivity index (χ4v) is 3.47. The minimum atomic E-state index is -1.16. The monoisotopic (exact) mass is 396 g/mol. The van der Waals surface area contributed by atoms with Crippen molar-refractivity contribution < 1.29 is 14.7 Å². The molecule has 7 nitrogen and oxygen atoms in total. The van der Waals surface area contributed by atoms with Crippen LogP contribution in [0.5, 0.6) is 0 Å². The van der Waals surface area contributed by atoms with E-state index in [9.17, 15) is 14.7 Å². The second kappa shape index (κ2) is 7.65. The highest BCUT2D eigenvalue weighted by atomic mass is 35.5. The summed E-state index contributed by atoms with van der Waals surface area (Å²) in [4.78, 5) is 27.8. The average Bonchev–Trinajstić information content (AvgIpc) is 2.99. The molecule has 1 aliphatic rings. The van der Waals surface area contributed by atoms with Crippen molar-refractivity contribution in [3.05, 3.63) is 51.3 Å². The maximum Gasteiger partial charge on any atom is 0.339 e. The molecular weight excluding hydrogens is 379 g/mol. The number of rotatable bonds is 4. The van der Waals surface area contributed by atoms with E-state index in [2.05, 4.69) is 10.00 Å². The number of aromatic carboxylic acids is 1. The minimum Gasteiger partial charge on any atom is -0.478 e. The quantitative estimate of drug-likeness (QED) is 0.857. The number of carbonyl (C=O) groups is 2. The van der Waals surface area contributed by atoms with Gasteiger partial charge in [-0.15, -0.1) is 0 Å². The fraction of sp³-hybridized carbons (Fsp3) is 0.353. The first kappa shape index (κ1) is 18.7. The molecule has 26 heavy (non-hydrogen) atoms. The van der Waals surface area contributed by atoms with Crippen LogP contribution in [0.15, 0.2) is 24.4 Å². The van der Waals surface area contributed by atoms with Gasteiger partial charge in [0.15, 0.2) is 0 Å². The Morgan fingerprint density at radius 2 is 1.88 bits per heavy atom. The Balaban J connectivity index is 1.64. The molecule has 1 fully saturated rings. The Morgan fingerprint density at radius 1 is 1.19 bits per heavy atom. The zero-order chi connectivity index (χ0) is 18.8. The van der Waals surface area contributed by atoms with Crippen molar-refractivity contribution in [2.45, 2.75) is 6.54 Å². The molecule has 0 aliphatic carbocycles. The van der Waals surface area contributed by atoms with Crippen LogP contribution in [0.3, 0.4) is 0 Å². The molecule has 1 aromatic heterocycles. The third-order valence-electron chi connectivity index (χ3n) is 4.44. The minimum absolute atomic E-state index is 0.0760. The van der Waals surface area contributed by atoms with Gasteiger partial charge in [0.2, 0.25) is 0 Å². The molecule has 9 heteroatoms. The molecule has 0 radical (unpaired) electrons. The van der Waals surface area contributed by atoms with E-state index in [-0.39, 0.29) is 17.2 Å². The van der Waals surface area contributed by atoms with Gasteiger partial charge in [-0.05, 0) is 17.7 Å². The Labute approximate surface area is 160 Å². The lowest BCUT2D eigenvalue weighted by Gasteiger charge is -2.35. The number of carboxylic acids is 1. The summed E-state index contributed by atoms with van der Waals surface area (Å²) in [6, 6.07) is 5.42. The number of halogens is 2. The van der Waals surface area contributed by atoms with Gasteiger partial charge in [0.05, 0.1) is 6.20 Å². The summed E-state index contributed by atoms with van der Waals surface area (Å²) in [5, 5.41) is 14.3. The van der Waals surface area contributed by atoms with Crippen LogP contribution in [-0.4, -0.2) is 62.7 Å². The summed E-state index contributed by atoms with van der Waals surface area (Å²) in [6.45, 7) is 3.03. The molecule has 3 rings (SSSR count). The van der Waals surface area contributed by atoms with E-state index in [0.29, 0.717) is 42.8 Å². The maximum atomic E-state index is 12.7. The first-order chi connectivity index (χ1) is 12.4. The Bertz CT molecular complexity index is 845. The smallest absolute Gasteiger partial charge is 0.339 e. The lowest BCUT2D eigenvalue weighted by Crippen LogP contribution is -2.48. The first-order valence-electron chi connectivity index (χ1n) is 8.07. The number of aryl methyl sites for hydroxylation is 1. The fourth-order valence-electron chi connectivity index (χ4n) is 3.00. The number of aromatic nitrogens is 2. The van der Waals surface area contributed by atoms with Crippen LogP contribution in [0.25, 0.3) is 0 Å². The van der Waals surface area contributed by atoms with E-state index in [1.807, 2.05) is 6.07 Å². The molecule has 1 aromatic carbocycles. The van der Waals surface area contributed by atoms with Crippen molar-refractivity contribution >= 4 is 35.1 Å². The third-order valence-corrected chi connectivity index (χ3v) is 5.03. The number of benzene rings is 1. The molecule has 0 atom stereocenters. The van der Waals surface area contributed by atoms with Crippen molar-refractivity contribution in [2.75, 3.05) is 26.2 Å². The van der Waals surface area contributed by atoms with Gasteiger partial charge < -0.3 is 10.0 Å². The number of piperazine rings is 1. The molecule has 0 bridgehead atoms. The molecule has 1 N–H and O–H groups in total. The number of hydrogen-bond donors (Lipinski definition) is 1. The van der Waals surface area contributed by atoms with Crippen molar-refractivity contribution in [3.8, 4) is 0 Å². The predicted octanol–water partition coefficient (Wildman–Crippen LogP) is 2.38. The number of amides is 1. The highest BCUT2D eigenvalue weighted by Gasteiger charge is 2.28. The van der Waals surface area contributed by atoms with Crippen LogP contribution < -0.4 is 0 Å². The van der Waals surface area contributed by atoms with Gasteiger partial charge in [-0.3, -0.25) is 14.4 Å². The SMILES string of the molecule is Cn1ncc(C(=O)O)c1C(=O)N1CCN(Cc2ccc(Cl)cc2Cl)CC1. The number of carboxylic acid groups (broad SMARTS) is 1. The normalized spacial score (nSPS) is 15.3. The summed E-state index contributed by atoms with van der Waals surface area (Å²) in [5.74, 6) is -1.47. The van der Waals surface area contributed by atoms with Crippen molar-refractivity contribution in [2.24, 2.45) is 7.05 Å². The van der Waals surface area contributed by atoms with Gasteiger partial charge >= 0.3 is 5.97 Å². The molecule has 1 aliphatic heterocycles. The van der Waals surface area contributed by atoms with E-state index >= 15 is 0 Å². The highest BCUT2D eigenvalue weighted by molar-refractivity contribution is 6.35. The zero-order valence-electron chi connectivity index (χ0n) is 14.2. The number of hydrogen-bond acceptors (Lipinski definition) is 4. The first-order valence-corrected chi connectivity index (χ1v) is 8.83. The van der Waals surface area contributed by atoms with Gasteiger partial charge in [0.1, 0.15) is 11.3 Å². The van der Waals surface area contributed by atoms with Gasteiger partial charge in [-0.25, -0.2) is 4.79 Å². The van der Waals surface area contributed by atoms with Gasteiger partial charge in [-0.2, -0.15) is 5.10 Å².